The Morgan fingerprint density at radius 2 is 2.10 bits per heavy atom. The SMILES string of the molecule is O=C1N[C@@H](CS)C(=O)N2Cc3[nH]c4ccccc4c3C[C@@H]12. The normalized spacial score (nSPS) is 24.7. The molecule has 2 aliphatic rings. The zero-order chi connectivity index (χ0) is 14.6. The van der Waals surface area contributed by atoms with E-state index in [9.17, 15) is 9.59 Å². The Bertz CT molecular complexity index is 754. The second kappa shape index (κ2) is 4.53. The molecule has 1 aromatic carbocycles. The lowest BCUT2D eigenvalue weighted by atomic mass is 9.93. The van der Waals surface area contributed by atoms with Crippen molar-refractivity contribution in [1.29, 1.82) is 0 Å². The number of rotatable bonds is 1. The predicted molar refractivity (Wildman–Crippen MR) is 82.1 cm³/mol. The minimum Gasteiger partial charge on any atom is -0.357 e. The van der Waals surface area contributed by atoms with Gasteiger partial charge >= 0.3 is 0 Å². The van der Waals surface area contributed by atoms with Gasteiger partial charge in [0.25, 0.3) is 0 Å². The third kappa shape index (κ3) is 1.78. The Labute approximate surface area is 127 Å². The molecule has 0 aliphatic carbocycles. The monoisotopic (exact) mass is 301 g/mol. The van der Waals surface area contributed by atoms with Gasteiger partial charge in [0, 0.05) is 28.8 Å². The third-order valence-corrected chi connectivity index (χ3v) is 4.75. The minimum absolute atomic E-state index is 0.0427. The lowest BCUT2D eigenvalue weighted by molar-refractivity contribution is -0.149. The van der Waals surface area contributed by atoms with Crippen LogP contribution in [0, 0.1) is 0 Å². The smallest absolute Gasteiger partial charge is 0.247 e. The van der Waals surface area contributed by atoms with E-state index in [1.54, 1.807) is 4.90 Å². The lowest BCUT2D eigenvalue weighted by Gasteiger charge is -2.41. The van der Waals surface area contributed by atoms with Gasteiger partial charge in [-0.2, -0.15) is 12.6 Å². The van der Waals surface area contributed by atoms with Gasteiger partial charge in [0.2, 0.25) is 11.8 Å². The van der Waals surface area contributed by atoms with Crippen LogP contribution < -0.4 is 5.32 Å². The van der Waals surface area contributed by atoms with E-state index in [-0.39, 0.29) is 11.8 Å². The van der Waals surface area contributed by atoms with Gasteiger partial charge in [0.05, 0.1) is 6.54 Å². The van der Waals surface area contributed by atoms with Crippen LogP contribution >= 0.6 is 12.6 Å². The van der Waals surface area contributed by atoms with Crippen molar-refractivity contribution in [2.45, 2.75) is 25.0 Å². The van der Waals surface area contributed by atoms with Crippen molar-refractivity contribution < 1.29 is 9.59 Å². The molecule has 2 atom stereocenters. The van der Waals surface area contributed by atoms with E-state index in [1.807, 2.05) is 18.2 Å². The average molecular weight is 301 g/mol. The number of aromatic nitrogens is 1. The van der Waals surface area contributed by atoms with Crippen LogP contribution in [0.5, 0.6) is 0 Å². The summed E-state index contributed by atoms with van der Waals surface area (Å²) in [5.74, 6) is 0.205. The first kappa shape index (κ1) is 12.8. The van der Waals surface area contributed by atoms with Crippen molar-refractivity contribution in [2.24, 2.45) is 0 Å². The predicted octanol–water partition coefficient (Wildman–Crippen LogP) is 0.849. The van der Waals surface area contributed by atoms with Crippen molar-refractivity contribution >= 4 is 35.3 Å². The van der Waals surface area contributed by atoms with Crippen molar-refractivity contribution in [3.05, 3.63) is 35.5 Å². The number of carbonyl (C=O) groups excluding carboxylic acids is 2. The first-order valence-corrected chi connectivity index (χ1v) is 7.62. The van der Waals surface area contributed by atoms with Gasteiger partial charge in [0.15, 0.2) is 0 Å². The molecule has 2 aromatic rings. The topological polar surface area (TPSA) is 65.2 Å². The molecule has 0 radical (unpaired) electrons. The van der Waals surface area contributed by atoms with Crippen LogP contribution in [0.4, 0.5) is 0 Å². The molecular formula is C15H15N3O2S. The Morgan fingerprint density at radius 3 is 2.90 bits per heavy atom. The van der Waals surface area contributed by atoms with E-state index < -0.39 is 12.1 Å². The fourth-order valence-electron chi connectivity index (χ4n) is 3.33. The quantitative estimate of drug-likeness (QED) is 0.684. The number of aromatic amines is 1. The largest absolute Gasteiger partial charge is 0.357 e. The van der Waals surface area contributed by atoms with Crippen molar-refractivity contribution in [1.82, 2.24) is 15.2 Å². The van der Waals surface area contributed by atoms with E-state index in [0.717, 1.165) is 22.2 Å². The summed E-state index contributed by atoms with van der Waals surface area (Å²) >= 11 is 4.15. The van der Waals surface area contributed by atoms with E-state index in [2.05, 4.69) is 29.0 Å². The molecule has 6 heteroatoms. The third-order valence-electron chi connectivity index (χ3n) is 4.39. The highest BCUT2D eigenvalue weighted by atomic mass is 32.1. The van der Waals surface area contributed by atoms with E-state index in [0.29, 0.717) is 18.7 Å². The van der Waals surface area contributed by atoms with Crippen LogP contribution in [0.2, 0.25) is 0 Å². The van der Waals surface area contributed by atoms with E-state index >= 15 is 0 Å². The van der Waals surface area contributed by atoms with Crippen LogP contribution in [-0.4, -0.2) is 39.5 Å². The van der Waals surface area contributed by atoms with Crippen LogP contribution in [0.25, 0.3) is 10.9 Å². The van der Waals surface area contributed by atoms with Crippen LogP contribution in [0.15, 0.2) is 24.3 Å². The van der Waals surface area contributed by atoms with Gasteiger partial charge in [-0.05, 0) is 11.6 Å². The molecule has 0 spiro atoms. The maximum atomic E-state index is 12.4. The number of benzene rings is 1. The summed E-state index contributed by atoms with van der Waals surface area (Å²) in [5.41, 5.74) is 3.24. The second-order valence-electron chi connectivity index (χ2n) is 5.56. The van der Waals surface area contributed by atoms with Gasteiger partial charge in [-0.3, -0.25) is 9.59 Å². The maximum absolute atomic E-state index is 12.4. The van der Waals surface area contributed by atoms with E-state index in [4.69, 9.17) is 0 Å². The zero-order valence-electron chi connectivity index (χ0n) is 11.3. The summed E-state index contributed by atoms with van der Waals surface area (Å²) in [7, 11) is 0. The van der Waals surface area contributed by atoms with Crippen LogP contribution in [-0.2, 0) is 22.6 Å². The molecule has 21 heavy (non-hydrogen) atoms. The summed E-state index contributed by atoms with van der Waals surface area (Å²) in [5, 5.41) is 3.91. The number of fused-ring (bicyclic) bond motifs is 4. The number of thiol groups is 1. The molecule has 2 aliphatic heterocycles. The maximum Gasteiger partial charge on any atom is 0.247 e. The molecule has 5 nitrogen and oxygen atoms in total. The molecule has 1 saturated heterocycles. The molecule has 0 saturated carbocycles. The Hall–Kier alpha value is -1.95. The summed E-state index contributed by atoms with van der Waals surface area (Å²) in [6.45, 7) is 0.464. The number of hydrogen-bond donors (Lipinski definition) is 3. The number of H-pyrrole nitrogens is 1. The molecule has 1 aromatic heterocycles. The second-order valence-corrected chi connectivity index (χ2v) is 5.92. The standard InChI is InChI=1S/C15H15N3O2S/c19-14-13-5-9-8-3-1-2-4-10(8)16-11(9)6-18(13)15(20)12(7-21)17-14/h1-4,12-13,16,21H,5-7H2,(H,17,19)/t12-,13-/m0/s1. The highest BCUT2D eigenvalue weighted by Gasteiger charge is 2.43. The van der Waals surface area contributed by atoms with Crippen molar-refractivity contribution in [2.75, 3.05) is 5.75 Å². The number of hydrogen-bond acceptors (Lipinski definition) is 3. The first-order valence-electron chi connectivity index (χ1n) is 6.99. The summed E-state index contributed by atoms with van der Waals surface area (Å²) in [6.07, 6.45) is 0.566. The number of nitrogens with zero attached hydrogens (tertiary/aromatic N) is 1. The summed E-state index contributed by atoms with van der Waals surface area (Å²) in [6, 6.07) is 7.13. The zero-order valence-corrected chi connectivity index (χ0v) is 12.2. The van der Waals surface area contributed by atoms with Gasteiger partial charge in [-0.1, -0.05) is 18.2 Å². The van der Waals surface area contributed by atoms with Crippen molar-refractivity contribution in [3.8, 4) is 0 Å². The Kier molecular flexibility index (Phi) is 2.75. The Morgan fingerprint density at radius 1 is 1.29 bits per heavy atom. The minimum atomic E-state index is -0.511. The first-order chi connectivity index (χ1) is 10.2. The molecule has 4 rings (SSSR count). The fraction of sp³-hybridized carbons (Fsp3) is 0.333. The van der Waals surface area contributed by atoms with Gasteiger partial charge in [-0.25, -0.2) is 0 Å². The molecule has 0 bridgehead atoms. The van der Waals surface area contributed by atoms with Gasteiger partial charge in [0.1, 0.15) is 12.1 Å². The van der Waals surface area contributed by atoms with Crippen molar-refractivity contribution in [3.63, 3.8) is 0 Å². The fourth-order valence-corrected chi connectivity index (χ4v) is 3.57. The van der Waals surface area contributed by atoms with Crippen LogP contribution in [0.3, 0.4) is 0 Å². The number of amides is 2. The number of para-hydroxylation sites is 1. The highest BCUT2D eigenvalue weighted by molar-refractivity contribution is 7.80. The molecule has 0 unspecified atom stereocenters. The number of carbonyl (C=O) groups is 2. The lowest BCUT2D eigenvalue weighted by Crippen LogP contribution is -2.65. The molecule has 2 amide bonds. The molecule has 3 heterocycles. The summed E-state index contributed by atoms with van der Waals surface area (Å²) in [4.78, 5) is 29.7. The van der Waals surface area contributed by atoms with Crippen LogP contribution in [0.1, 0.15) is 11.3 Å². The number of piperazine rings is 1. The van der Waals surface area contributed by atoms with E-state index in [1.165, 1.54) is 0 Å². The Balaban J connectivity index is 1.79. The number of nitrogens with one attached hydrogen (secondary N) is 2. The molecule has 1 fully saturated rings. The highest BCUT2D eigenvalue weighted by Crippen LogP contribution is 2.31. The van der Waals surface area contributed by atoms with Gasteiger partial charge in [-0.15, -0.1) is 0 Å². The molecule has 108 valence electrons. The van der Waals surface area contributed by atoms with Gasteiger partial charge < -0.3 is 15.2 Å². The molecule has 2 N–H and O–H groups in total. The average Bonchev–Trinajstić information content (AvgIpc) is 2.87. The molecular weight excluding hydrogens is 286 g/mol. The summed E-state index contributed by atoms with van der Waals surface area (Å²) < 4.78 is 0.